The molecule has 5 nitrogen and oxygen atoms in total. The van der Waals surface area contributed by atoms with Gasteiger partial charge in [-0.15, -0.1) is 0 Å². The summed E-state index contributed by atoms with van der Waals surface area (Å²) >= 11 is 5.91. The minimum atomic E-state index is -0.600. The van der Waals surface area contributed by atoms with Crippen LogP contribution in [0.25, 0.3) is 0 Å². The van der Waals surface area contributed by atoms with E-state index in [-0.39, 0.29) is 6.10 Å². The Kier molecular flexibility index (Phi) is 4.30. The summed E-state index contributed by atoms with van der Waals surface area (Å²) in [5.41, 5.74) is 5.48. The maximum Gasteiger partial charge on any atom is 0.267 e. The van der Waals surface area contributed by atoms with E-state index in [2.05, 4.69) is 10.1 Å². The summed E-state index contributed by atoms with van der Waals surface area (Å²) in [6.45, 7) is 5.67. The van der Waals surface area contributed by atoms with Gasteiger partial charge in [0.25, 0.3) is 5.89 Å². The number of ether oxygens (including phenoxy) is 1. The Labute approximate surface area is 123 Å². The summed E-state index contributed by atoms with van der Waals surface area (Å²) in [5, 5.41) is 4.53. The summed E-state index contributed by atoms with van der Waals surface area (Å²) in [7, 11) is 0. The second-order valence-electron chi connectivity index (χ2n) is 4.94. The molecule has 20 heavy (non-hydrogen) atoms. The second kappa shape index (κ2) is 5.81. The van der Waals surface area contributed by atoms with Gasteiger partial charge in [0.2, 0.25) is 0 Å². The normalized spacial score (nSPS) is 15.7. The van der Waals surface area contributed by atoms with E-state index >= 15 is 0 Å². The number of nitrogens with zero attached hydrogens (tertiary/aromatic N) is 2. The SMILES string of the molecule is CCC(C)(N)c1noc(C(C)Oc2cccc(Cl)c2)n1. The lowest BCUT2D eigenvalue weighted by Crippen LogP contribution is -2.33. The molecule has 0 aliphatic carbocycles. The molecule has 6 heteroatoms. The molecule has 0 saturated heterocycles. The lowest BCUT2D eigenvalue weighted by molar-refractivity contribution is 0.175. The van der Waals surface area contributed by atoms with Crippen molar-refractivity contribution in [2.75, 3.05) is 0 Å². The molecule has 2 rings (SSSR count). The van der Waals surface area contributed by atoms with Crippen molar-refractivity contribution in [2.24, 2.45) is 5.73 Å². The third-order valence-electron chi connectivity index (χ3n) is 3.14. The zero-order valence-corrected chi connectivity index (χ0v) is 12.5. The van der Waals surface area contributed by atoms with E-state index in [1.807, 2.05) is 32.9 Å². The van der Waals surface area contributed by atoms with Gasteiger partial charge >= 0.3 is 0 Å². The van der Waals surface area contributed by atoms with Crippen LogP contribution in [0.1, 0.15) is 45.0 Å². The van der Waals surface area contributed by atoms with Crippen LogP contribution in [0.3, 0.4) is 0 Å². The molecule has 0 aliphatic heterocycles. The van der Waals surface area contributed by atoms with Crippen molar-refractivity contribution in [2.45, 2.75) is 38.8 Å². The van der Waals surface area contributed by atoms with E-state index in [0.717, 1.165) is 6.42 Å². The Morgan fingerprint density at radius 3 is 2.90 bits per heavy atom. The molecule has 2 unspecified atom stereocenters. The van der Waals surface area contributed by atoms with Crippen molar-refractivity contribution >= 4 is 11.6 Å². The van der Waals surface area contributed by atoms with Gasteiger partial charge in [0.1, 0.15) is 5.75 Å². The summed E-state index contributed by atoms with van der Waals surface area (Å²) < 4.78 is 10.9. The second-order valence-corrected chi connectivity index (χ2v) is 5.38. The van der Waals surface area contributed by atoms with Crippen molar-refractivity contribution < 1.29 is 9.26 Å². The van der Waals surface area contributed by atoms with E-state index in [1.165, 1.54) is 0 Å². The van der Waals surface area contributed by atoms with Crippen LogP contribution in [-0.2, 0) is 5.54 Å². The van der Waals surface area contributed by atoms with Crippen LogP contribution in [-0.4, -0.2) is 10.1 Å². The van der Waals surface area contributed by atoms with E-state index < -0.39 is 5.54 Å². The van der Waals surface area contributed by atoms with E-state index in [0.29, 0.717) is 22.5 Å². The van der Waals surface area contributed by atoms with Crippen LogP contribution in [0.5, 0.6) is 5.75 Å². The number of benzene rings is 1. The minimum Gasteiger partial charge on any atom is -0.481 e. The highest BCUT2D eigenvalue weighted by Crippen LogP contribution is 2.25. The minimum absolute atomic E-state index is 0.373. The molecule has 2 N–H and O–H groups in total. The summed E-state index contributed by atoms with van der Waals surface area (Å²) in [4.78, 5) is 4.31. The Morgan fingerprint density at radius 1 is 1.50 bits per heavy atom. The van der Waals surface area contributed by atoms with Crippen LogP contribution in [0, 0.1) is 0 Å². The Bertz CT molecular complexity index is 583. The van der Waals surface area contributed by atoms with Crippen molar-refractivity contribution in [1.29, 1.82) is 0 Å². The highest BCUT2D eigenvalue weighted by molar-refractivity contribution is 6.30. The topological polar surface area (TPSA) is 74.2 Å². The fourth-order valence-corrected chi connectivity index (χ4v) is 1.77. The quantitative estimate of drug-likeness (QED) is 0.914. The van der Waals surface area contributed by atoms with Crippen molar-refractivity contribution in [1.82, 2.24) is 10.1 Å². The van der Waals surface area contributed by atoms with Crippen molar-refractivity contribution in [3.05, 3.63) is 41.0 Å². The van der Waals surface area contributed by atoms with Crippen LogP contribution in [0.2, 0.25) is 5.02 Å². The predicted molar refractivity (Wildman–Crippen MR) is 76.6 cm³/mol. The fraction of sp³-hybridized carbons (Fsp3) is 0.429. The molecule has 108 valence electrons. The average Bonchev–Trinajstić information content (AvgIpc) is 2.89. The molecule has 2 aromatic rings. The molecule has 1 aromatic heterocycles. The molecule has 2 atom stereocenters. The molecule has 0 saturated carbocycles. The lowest BCUT2D eigenvalue weighted by atomic mass is 10.0. The smallest absolute Gasteiger partial charge is 0.267 e. The zero-order chi connectivity index (χ0) is 14.8. The first kappa shape index (κ1) is 14.8. The van der Waals surface area contributed by atoms with Gasteiger partial charge < -0.3 is 15.0 Å². The van der Waals surface area contributed by atoms with Crippen LogP contribution in [0.15, 0.2) is 28.8 Å². The van der Waals surface area contributed by atoms with Gasteiger partial charge in [0.15, 0.2) is 11.9 Å². The first-order valence-corrected chi connectivity index (χ1v) is 6.85. The monoisotopic (exact) mass is 295 g/mol. The highest BCUT2D eigenvalue weighted by Gasteiger charge is 2.27. The fourth-order valence-electron chi connectivity index (χ4n) is 1.59. The molecule has 0 bridgehead atoms. The van der Waals surface area contributed by atoms with Crippen LogP contribution in [0.4, 0.5) is 0 Å². The Balaban J connectivity index is 2.12. The van der Waals surface area contributed by atoms with Gasteiger partial charge in [-0.3, -0.25) is 0 Å². The van der Waals surface area contributed by atoms with Gasteiger partial charge in [-0.25, -0.2) is 0 Å². The third kappa shape index (κ3) is 3.29. The van der Waals surface area contributed by atoms with Gasteiger partial charge in [-0.2, -0.15) is 4.98 Å². The van der Waals surface area contributed by atoms with Gasteiger partial charge in [-0.05, 0) is 38.5 Å². The summed E-state index contributed by atoms with van der Waals surface area (Å²) in [6, 6.07) is 7.15. The van der Waals surface area contributed by atoms with E-state index in [4.69, 9.17) is 26.6 Å². The number of hydrogen-bond acceptors (Lipinski definition) is 5. The van der Waals surface area contributed by atoms with Crippen LogP contribution < -0.4 is 10.5 Å². The maximum atomic E-state index is 6.08. The molecule has 1 aromatic carbocycles. The summed E-state index contributed by atoms with van der Waals surface area (Å²) in [5.74, 6) is 1.53. The molecule has 0 fully saturated rings. The molecule has 1 heterocycles. The van der Waals surface area contributed by atoms with Gasteiger partial charge in [0, 0.05) is 5.02 Å². The number of rotatable bonds is 5. The largest absolute Gasteiger partial charge is 0.481 e. The van der Waals surface area contributed by atoms with E-state index in [9.17, 15) is 0 Å². The average molecular weight is 296 g/mol. The molecule has 0 spiro atoms. The number of halogens is 1. The first-order chi connectivity index (χ1) is 9.42. The van der Waals surface area contributed by atoms with Crippen molar-refractivity contribution in [3.63, 3.8) is 0 Å². The van der Waals surface area contributed by atoms with Gasteiger partial charge in [-0.1, -0.05) is 29.7 Å². The number of hydrogen-bond donors (Lipinski definition) is 1. The third-order valence-corrected chi connectivity index (χ3v) is 3.38. The molecular weight excluding hydrogens is 278 g/mol. The lowest BCUT2D eigenvalue weighted by Gasteiger charge is -2.17. The predicted octanol–water partition coefficient (Wildman–Crippen LogP) is 3.45. The molecular formula is C14H18ClN3O2. The number of nitrogens with two attached hydrogens (primary N) is 1. The van der Waals surface area contributed by atoms with Crippen molar-refractivity contribution in [3.8, 4) is 5.75 Å². The molecule has 0 amide bonds. The Morgan fingerprint density at radius 2 is 2.25 bits per heavy atom. The standard InChI is InChI=1S/C14H18ClN3O2/c1-4-14(3,16)13-17-12(20-18-13)9(2)19-11-7-5-6-10(15)8-11/h5-9H,4,16H2,1-3H3. The molecule has 0 radical (unpaired) electrons. The summed E-state index contributed by atoms with van der Waals surface area (Å²) in [6.07, 6.45) is 0.345. The molecule has 0 aliphatic rings. The van der Waals surface area contributed by atoms with Gasteiger partial charge in [0.05, 0.1) is 5.54 Å². The highest BCUT2D eigenvalue weighted by atomic mass is 35.5. The van der Waals surface area contributed by atoms with E-state index in [1.54, 1.807) is 12.1 Å². The maximum absolute atomic E-state index is 6.08. The Hall–Kier alpha value is -1.59. The first-order valence-electron chi connectivity index (χ1n) is 6.47. The number of aromatic nitrogens is 2. The van der Waals surface area contributed by atoms with Crippen LogP contribution >= 0.6 is 11.6 Å². The zero-order valence-electron chi connectivity index (χ0n) is 11.8.